The van der Waals surface area contributed by atoms with Gasteiger partial charge in [-0.2, -0.15) is 0 Å². The van der Waals surface area contributed by atoms with Gasteiger partial charge in [-0.15, -0.1) is 0 Å². The Morgan fingerprint density at radius 2 is 1.72 bits per heavy atom. The smallest absolute Gasteiger partial charge is 0.00968 e. The van der Waals surface area contributed by atoms with Crippen LogP contribution >= 0.6 is 0 Å². The highest BCUT2D eigenvalue weighted by molar-refractivity contribution is 5.34. The van der Waals surface area contributed by atoms with Gasteiger partial charge in [0, 0.05) is 17.5 Å². The first-order chi connectivity index (χ1) is 8.43. The zero-order chi connectivity index (χ0) is 13.2. The summed E-state index contributed by atoms with van der Waals surface area (Å²) in [7, 11) is 0. The molecule has 18 heavy (non-hydrogen) atoms. The second kappa shape index (κ2) is 5.05. The molecule has 100 valence electrons. The Hall–Kier alpha value is -0.820. The van der Waals surface area contributed by atoms with Gasteiger partial charge >= 0.3 is 0 Å². The summed E-state index contributed by atoms with van der Waals surface area (Å²) in [6.45, 7) is 10.1. The van der Waals surface area contributed by atoms with Crippen LogP contribution in [-0.2, 0) is 5.41 Å². The first kappa shape index (κ1) is 13.6. The minimum atomic E-state index is 0.207. The van der Waals surface area contributed by atoms with Crippen molar-refractivity contribution < 1.29 is 0 Å². The van der Waals surface area contributed by atoms with E-state index in [9.17, 15) is 0 Å². The zero-order valence-electron chi connectivity index (χ0n) is 12.3. The summed E-state index contributed by atoms with van der Waals surface area (Å²) in [4.78, 5) is 0. The first-order valence-corrected chi connectivity index (χ1v) is 7.24. The first-order valence-electron chi connectivity index (χ1n) is 7.24. The molecule has 0 aromatic heterocycles. The molecule has 1 heteroatoms. The molecule has 2 rings (SSSR count). The summed E-state index contributed by atoms with van der Waals surface area (Å²) >= 11 is 0. The van der Waals surface area contributed by atoms with Crippen LogP contribution in [0, 0.1) is 6.92 Å². The summed E-state index contributed by atoms with van der Waals surface area (Å²) in [5, 5.41) is 3.73. The Labute approximate surface area is 112 Å². The van der Waals surface area contributed by atoms with Crippen LogP contribution in [0.5, 0.6) is 0 Å². The SMILES string of the molecule is Cc1ccccc1C1(CNC(C)(C)C)CCCC1. The summed E-state index contributed by atoms with van der Waals surface area (Å²) in [6, 6.07) is 8.94. The van der Waals surface area contributed by atoms with E-state index < -0.39 is 0 Å². The molecule has 1 aromatic carbocycles. The monoisotopic (exact) mass is 245 g/mol. The minimum absolute atomic E-state index is 0.207. The molecule has 0 atom stereocenters. The lowest BCUT2D eigenvalue weighted by atomic mass is 9.76. The summed E-state index contributed by atoms with van der Waals surface area (Å²) in [6.07, 6.45) is 5.42. The highest BCUT2D eigenvalue weighted by atomic mass is 15.0. The van der Waals surface area contributed by atoms with Crippen molar-refractivity contribution in [1.29, 1.82) is 0 Å². The lowest BCUT2D eigenvalue weighted by Gasteiger charge is -2.35. The average Bonchev–Trinajstić information content (AvgIpc) is 2.76. The zero-order valence-corrected chi connectivity index (χ0v) is 12.3. The summed E-state index contributed by atoms with van der Waals surface area (Å²) in [5.74, 6) is 0. The Morgan fingerprint density at radius 1 is 1.11 bits per heavy atom. The molecule has 1 fully saturated rings. The van der Waals surface area contributed by atoms with Crippen molar-refractivity contribution in [2.24, 2.45) is 0 Å². The molecular formula is C17H27N. The molecule has 0 saturated heterocycles. The number of rotatable bonds is 3. The lowest BCUT2D eigenvalue weighted by molar-refractivity contribution is 0.332. The van der Waals surface area contributed by atoms with E-state index in [-0.39, 0.29) is 5.54 Å². The fourth-order valence-corrected chi connectivity index (χ4v) is 3.20. The molecule has 1 aromatic rings. The van der Waals surface area contributed by atoms with Crippen LogP contribution in [-0.4, -0.2) is 12.1 Å². The van der Waals surface area contributed by atoms with Gasteiger partial charge in [-0.05, 0) is 51.7 Å². The second-order valence-electron chi connectivity index (χ2n) is 6.91. The average molecular weight is 245 g/mol. The van der Waals surface area contributed by atoms with Gasteiger partial charge < -0.3 is 5.32 Å². The Bertz CT molecular complexity index is 394. The van der Waals surface area contributed by atoms with Gasteiger partial charge in [-0.3, -0.25) is 0 Å². The van der Waals surface area contributed by atoms with Crippen molar-refractivity contribution in [2.45, 2.75) is 64.3 Å². The predicted octanol–water partition coefficient (Wildman–Crippen LogP) is 4.19. The topological polar surface area (TPSA) is 12.0 Å². The van der Waals surface area contributed by atoms with E-state index in [4.69, 9.17) is 0 Å². The molecule has 1 aliphatic rings. The number of benzene rings is 1. The molecule has 1 nitrogen and oxygen atoms in total. The van der Waals surface area contributed by atoms with Crippen molar-refractivity contribution in [3.05, 3.63) is 35.4 Å². The third kappa shape index (κ3) is 2.95. The molecule has 0 bridgehead atoms. The van der Waals surface area contributed by atoms with Gasteiger partial charge in [0.15, 0.2) is 0 Å². The Kier molecular flexibility index (Phi) is 3.82. The maximum Gasteiger partial charge on any atom is 0.00968 e. The highest BCUT2D eigenvalue weighted by Gasteiger charge is 2.36. The molecular weight excluding hydrogens is 218 g/mol. The van der Waals surface area contributed by atoms with Gasteiger partial charge in [0.25, 0.3) is 0 Å². The van der Waals surface area contributed by atoms with Crippen LogP contribution < -0.4 is 5.32 Å². The number of nitrogens with one attached hydrogen (secondary N) is 1. The largest absolute Gasteiger partial charge is 0.311 e. The van der Waals surface area contributed by atoms with Crippen LogP contribution in [0.15, 0.2) is 24.3 Å². The molecule has 0 heterocycles. The molecule has 0 radical (unpaired) electrons. The molecule has 0 spiro atoms. The highest BCUT2D eigenvalue weighted by Crippen LogP contribution is 2.42. The predicted molar refractivity (Wildman–Crippen MR) is 79.1 cm³/mol. The maximum atomic E-state index is 3.73. The molecule has 0 aliphatic heterocycles. The van der Waals surface area contributed by atoms with Crippen molar-refractivity contribution in [3.8, 4) is 0 Å². The molecule has 0 amide bonds. The van der Waals surface area contributed by atoms with E-state index in [1.54, 1.807) is 5.56 Å². The van der Waals surface area contributed by atoms with Crippen molar-refractivity contribution in [1.82, 2.24) is 5.32 Å². The van der Waals surface area contributed by atoms with E-state index in [1.807, 2.05) is 0 Å². The third-order valence-electron chi connectivity index (χ3n) is 4.23. The van der Waals surface area contributed by atoms with E-state index >= 15 is 0 Å². The van der Waals surface area contributed by atoms with Crippen molar-refractivity contribution in [2.75, 3.05) is 6.54 Å². The maximum absolute atomic E-state index is 3.73. The van der Waals surface area contributed by atoms with E-state index in [0.29, 0.717) is 5.41 Å². The minimum Gasteiger partial charge on any atom is -0.311 e. The summed E-state index contributed by atoms with van der Waals surface area (Å²) in [5.41, 5.74) is 3.60. The Morgan fingerprint density at radius 3 is 2.28 bits per heavy atom. The van der Waals surface area contributed by atoms with Crippen LogP contribution in [0.3, 0.4) is 0 Å². The van der Waals surface area contributed by atoms with Crippen LogP contribution in [0.4, 0.5) is 0 Å². The molecule has 1 aliphatic carbocycles. The van der Waals surface area contributed by atoms with E-state index in [1.165, 1.54) is 31.2 Å². The number of hydrogen-bond donors (Lipinski definition) is 1. The lowest BCUT2D eigenvalue weighted by Crippen LogP contribution is -2.45. The quantitative estimate of drug-likeness (QED) is 0.841. The van der Waals surface area contributed by atoms with Gasteiger partial charge in [-0.1, -0.05) is 37.1 Å². The van der Waals surface area contributed by atoms with Gasteiger partial charge in [0.2, 0.25) is 0 Å². The second-order valence-corrected chi connectivity index (χ2v) is 6.91. The molecule has 0 unspecified atom stereocenters. The fraction of sp³-hybridized carbons (Fsp3) is 0.647. The van der Waals surface area contributed by atoms with Gasteiger partial charge in [0.05, 0.1) is 0 Å². The Balaban J connectivity index is 2.25. The van der Waals surface area contributed by atoms with Crippen LogP contribution in [0.2, 0.25) is 0 Å². The third-order valence-corrected chi connectivity index (χ3v) is 4.23. The van der Waals surface area contributed by atoms with Gasteiger partial charge in [-0.25, -0.2) is 0 Å². The van der Waals surface area contributed by atoms with Gasteiger partial charge in [0.1, 0.15) is 0 Å². The number of aryl methyl sites for hydroxylation is 1. The fourth-order valence-electron chi connectivity index (χ4n) is 3.20. The normalized spacial score (nSPS) is 19.1. The van der Waals surface area contributed by atoms with E-state index in [0.717, 1.165) is 6.54 Å². The number of hydrogen-bond acceptors (Lipinski definition) is 1. The van der Waals surface area contributed by atoms with Crippen LogP contribution in [0.1, 0.15) is 57.6 Å². The molecule has 1 N–H and O–H groups in total. The van der Waals surface area contributed by atoms with Crippen molar-refractivity contribution >= 4 is 0 Å². The van der Waals surface area contributed by atoms with Crippen LogP contribution in [0.25, 0.3) is 0 Å². The van der Waals surface area contributed by atoms with E-state index in [2.05, 4.69) is 57.3 Å². The van der Waals surface area contributed by atoms with Crippen molar-refractivity contribution in [3.63, 3.8) is 0 Å². The summed E-state index contributed by atoms with van der Waals surface area (Å²) < 4.78 is 0. The standard InChI is InChI=1S/C17H27N/c1-14-9-5-6-10-15(14)17(11-7-8-12-17)13-18-16(2,3)4/h5-6,9-10,18H,7-8,11-13H2,1-4H3. The molecule has 1 saturated carbocycles.